The first-order valence-corrected chi connectivity index (χ1v) is 3.73. The van der Waals surface area contributed by atoms with Gasteiger partial charge in [-0.15, -0.1) is 0 Å². The summed E-state index contributed by atoms with van der Waals surface area (Å²) in [5, 5.41) is 0. The van der Waals surface area contributed by atoms with Crippen LogP contribution in [0.25, 0.3) is 6.08 Å². The molecule has 1 heteroatoms. The lowest BCUT2D eigenvalue weighted by Gasteiger charge is -2.00. The fraction of sp³-hybridized carbons (Fsp3) is 0.200. The lowest BCUT2D eigenvalue weighted by atomic mass is 10.1. The van der Waals surface area contributed by atoms with Crippen molar-refractivity contribution in [1.29, 1.82) is 0 Å². The van der Waals surface area contributed by atoms with Crippen LogP contribution in [0.15, 0.2) is 24.3 Å². The van der Waals surface area contributed by atoms with E-state index in [4.69, 9.17) is 5.73 Å². The SMILES string of the molecule is C/C=C\c1ccc(N)cc1C. The number of nitrogens with two attached hydrogens (primary N) is 1. The highest BCUT2D eigenvalue weighted by Crippen LogP contribution is 2.13. The molecule has 11 heavy (non-hydrogen) atoms. The first-order chi connectivity index (χ1) is 5.24. The van der Waals surface area contributed by atoms with Crippen molar-refractivity contribution in [2.24, 2.45) is 0 Å². The van der Waals surface area contributed by atoms with Gasteiger partial charge in [0.15, 0.2) is 0 Å². The van der Waals surface area contributed by atoms with Crippen molar-refractivity contribution in [2.75, 3.05) is 5.73 Å². The minimum absolute atomic E-state index is 0.829. The molecule has 0 saturated heterocycles. The van der Waals surface area contributed by atoms with Crippen LogP contribution < -0.4 is 5.73 Å². The van der Waals surface area contributed by atoms with Gasteiger partial charge in [-0.25, -0.2) is 0 Å². The largest absolute Gasteiger partial charge is 0.399 e. The minimum atomic E-state index is 0.829. The van der Waals surface area contributed by atoms with Crippen molar-refractivity contribution < 1.29 is 0 Å². The number of hydrogen-bond acceptors (Lipinski definition) is 1. The van der Waals surface area contributed by atoms with Gasteiger partial charge in [0.05, 0.1) is 0 Å². The summed E-state index contributed by atoms with van der Waals surface area (Å²) >= 11 is 0. The van der Waals surface area contributed by atoms with E-state index in [1.165, 1.54) is 11.1 Å². The van der Waals surface area contributed by atoms with Gasteiger partial charge in [-0.3, -0.25) is 0 Å². The Labute approximate surface area is 67.5 Å². The number of rotatable bonds is 1. The van der Waals surface area contributed by atoms with Crippen molar-refractivity contribution >= 4 is 11.8 Å². The van der Waals surface area contributed by atoms with Gasteiger partial charge in [0.1, 0.15) is 0 Å². The first kappa shape index (κ1) is 7.86. The zero-order valence-corrected chi connectivity index (χ0v) is 6.96. The van der Waals surface area contributed by atoms with Gasteiger partial charge in [0.2, 0.25) is 0 Å². The molecular formula is C10H13N. The molecule has 1 aromatic carbocycles. The van der Waals surface area contributed by atoms with Crippen LogP contribution in [0.3, 0.4) is 0 Å². The molecule has 0 radical (unpaired) electrons. The Morgan fingerprint density at radius 2 is 2.09 bits per heavy atom. The minimum Gasteiger partial charge on any atom is -0.399 e. The maximum absolute atomic E-state index is 5.60. The van der Waals surface area contributed by atoms with Crippen LogP contribution in [0.1, 0.15) is 18.1 Å². The smallest absolute Gasteiger partial charge is 0.0317 e. The van der Waals surface area contributed by atoms with Crippen LogP contribution in [0, 0.1) is 6.92 Å². The molecule has 0 aliphatic carbocycles. The fourth-order valence-corrected chi connectivity index (χ4v) is 1.07. The van der Waals surface area contributed by atoms with Crippen LogP contribution in [0.5, 0.6) is 0 Å². The molecule has 0 saturated carbocycles. The number of anilines is 1. The Morgan fingerprint density at radius 1 is 1.36 bits per heavy atom. The number of benzene rings is 1. The van der Waals surface area contributed by atoms with Gasteiger partial charge < -0.3 is 5.73 Å². The summed E-state index contributed by atoms with van der Waals surface area (Å²) in [6.07, 6.45) is 4.10. The van der Waals surface area contributed by atoms with Crippen molar-refractivity contribution in [3.8, 4) is 0 Å². The third kappa shape index (κ3) is 1.84. The first-order valence-electron chi connectivity index (χ1n) is 3.73. The summed E-state index contributed by atoms with van der Waals surface area (Å²) in [6.45, 7) is 4.07. The molecule has 0 fully saturated rings. The molecule has 0 atom stereocenters. The van der Waals surface area contributed by atoms with E-state index in [1.54, 1.807) is 0 Å². The van der Waals surface area contributed by atoms with Gasteiger partial charge in [-0.05, 0) is 37.1 Å². The molecule has 0 aromatic heterocycles. The molecule has 58 valence electrons. The second-order valence-electron chi connectivity index (χ2n) is 2.62. The maximum Gasteiger partial charge on any atom is 0.0317 e. The molecule has 0 aliphatic rings. The van der Waals surface area contributed by atoms with E-state index in [0.717, 1.165) is 5.69 Å². The van der Waals surface area contributed by atoms with Crippen LogP contribution in [-0.2, 0) is 0 Å². The molecule has 1 nitrogen and oxygen atoms in total. The second kappa shape index (κ2) is 3.24. The zero-order chi connectivity index (χ0) is 8.27. The summed E-state index contributed by atoms with van der Waals surface area (Å²) in [5.74, 6) is 0. The Hall–Kier alpha value is -1.24. The summed E-state index contributed by atoms with van der Waals surface area (Å²) in [7, 11) is 0. The van der Waals surface area contributed by atoms with E-state index < -0.39 is 0 Å². The van der Waals surface area contributed by atoms with Gasteiger partial charge in [-0.2, -0.15) is 0 Å². The van der Waals surface area contributed by atoms with E-state index in [9.17, 15) is 0 Å². The molecule has 0 unspecified atom stereocenters. The van der Waals surface area contributed by atoms with Crippen molar-refractivity contribution in [3.63, 3.8) is 0 Å². The van der Waals surface area contributed by atoms with E-state index in [2.05, 4.69) is 13.0 Å². The number of allylic oxidation sites excluding steroid dienone is 1. The van der Waals surface area contributed by atoms with Crippen molar-refractivity contribution in [1.82, 2.24) is 0 Å². The van der Waals surface area contributed by atoms with Crippen LogP contribution >= 0.6 is 0 Å². The summed E-state index contributed by atoms with van der Waals surface area (Å²) in [4.78, 5) is 0. The Balaban J connectivity index is 3.09. The molecule has 2 N–H and O–H groups in total. The van der Waals surface area contributed by atoms with Gasteiger partial charge in [0.25, 0.3) is 0 Å². The van der Waals surface area contributed by atoms with Crippen molar-refractivity contribution in [2.45, 2.75) is 13.8 Å². The zero-order valence-electron chi connectivity index (χ0n) is 6.96. The van der Waals surface area contributed by atoms with E-state index in [1.807, 2.05) is 31.2 Å². The molecule has 1 aromatic rings. The van der Waals surface area contributed by atoms with Gasteiger partial charge >= 0.3 is 0 Å². The van der Waals surface area contributed by atoms with Crippen LogP contribution in [0.4, 0.5) is 5.69 Å². The number of aryl methyl sites for hydroxylation is 1. The highest BCUT2D eigenvalue weighted by molar-refractivity contribution is 5.57. The quantitative estimate of drug-likeness (QED) is 0.607. The number of hydrogen-bond donors (Lipinski definition) is 1. The number of nitrogen functional groups attached to an aromatic ring is 1. The maximum atomic E-state index is 5.60. The van der Waals surface area contributed by atoms with Crippen LogP contribution in [0.2, 0.25) is 0 Å². The van der Waals surface area contributed by atoms with Crippen molar-refractivity contribution in [3.05, 3.63) is 35.4 Å². The topological polar surface area (TPSA) is 26.0 Å². The highest BCUT2D eigenvalue weighted by Gasteiger charge is 1.92. The Kier molecular flexibility index (Phi) is 2.32. The fourth-order valence-electron chi connectivity index (χ4n) is 1.07. The summed E-state index contributed by atoms with van der Waals surface area (Å²) in [6, 6.07) is 5.93. The molecule has 1 rings (SSSR count). The van der Waals surface area contributed by atoms with Crippen LogP contribution in [-0.4, -0.2) is 0 Å². The van der Waals surface area contributed by atoms with Gasteiger partial charge in [-0.1, -0.05) is 18.2 Å². The normalized spacial score (nSPS) is 10.7. The molecule has 0 bridgehead atoms. The standard InChI is InChI=1S/C10H13N/c1-3-4-9-5-6-10(11)7-8(9)2/h3-7H,11H2,1-2H3/b4-3-. The molecule has 0 aliphatic heterocycles. The average molecular weight is 147 g/mol. The van der Waals surface area contributed by atoms with E-state index in [-0.39, 0.29) is 0 Å². The third-order valence-electron chi connectivity index (χ3n) is 1.64. The summed E-state index contributed by atoms with van der Waals surface area (Å²) < 4.78 is 0. The third-order valence-corrected chi connectivity index (χ3v) is 1.64. The van der Waals surface area contributed by atoms with Gasteiger partial charge in [0, 0.05) is 5.69 Å². The van der Waals surface area contributed by atoms with E-state index in [0.29, 0.717) is 0 Å². The second-order valence-corrected chi connectivity index (χ2v) is 2.62. The Bertz CT molecular complexity index is 274. The summed E-state index contributed by atoms with van der Waals surface area (Å²) in [5.41, 5.74) is 8.89. The molecular weight excluding hydrogens is 134 g/mol. The van der Waals surface area contributed by atoms with E-state index >= 15 is 0 Å². The Morgan fingerprint density at radius 3 is 2.64 bits per heavy atom. The average Bonchev–Trinajstić information content (AvgIpc) is 1.95. The lowest BCUT2D eigenvalue weighted by molar-refractivity contribution is 1.44. The molecule has 0 heterocycles. The molecule has 0 amide bonds. The highest BCUT2D eigenvalue weighted by atomic mass is 14.5. The lowest BCUT2D eigenvalue weighted by Crippen LogP contribution is -1.86. The monoisotopic (exact) mass is 147 g/mol. The predicted molar refractivity (Wildman–Crippen MR) is 50.3 cm³/mol. The predicted octanol–water partition coefficient (Wildman–Crippen LogP) is 2.61. The molecule has 0 spiro atoms.